The van der Waals surface area contributed by atoms with Gasteiger partial charge < -0.3 is 10.2 Å². The number of amides is 1. The van der Waals surface area contributed by atoms with Crippen LogP contribution in [-0.2, 0) is 12.4 Å². The Labute approximate surface area is 189 Å². The Kier molecular flexibility index (Phi) is 7.01. The first kappa shape index (κ1) is 25.2. The first-order valence-corrected chi connectivity index (χ1v) is 9.82. The van der Waals surface area contributed by atoms with Crippen LogP contribution in [-0.4, -0.2) is 41.2 Å². The predicted molar refractivity (Wildman–Crippen MR) is 109 cm³/mol. The number of alkyl halides is 6. The largest absolute Gasteiger partial charge is 0.434 e. The van der Waals surface area contributed by atoms with E-state index in [4.69, 9.17) is 0 Å². The van der Waals surface area contributed by atoms with Gasteiger partial charge >= 0.3 is 12.4 Å². The molecular formula is C22H19F7N4O. The number of likely N-dealkylation sites (N-methyl/N-ethyl adjacent to an activating group) is 1. The number of carbonyl (C=O) groups is 1. The summed E-state index contributed by atoms with van der Waals surface area (Å²) in [5.74, 6) is -1.65. The van der Waals surface area contributed by atoms with Crippen LogP contribution in [0.2, 0.25) is 0 Å². The maximum absolute atomic E-state index is 13.8. The lowest BCUT2D eigenvalue weighted by Crippen LogP contribution is -2.35. The molecule has 1 heterocycles. The molecule has 0 aliphatic heterocycles. The van der Waals surface area contributed by atoms with E-state index in [1.165, 1.54) is 18.2 Å². The van der Waals surface area contributed by atoms with Gasteiger partial charge in [0, 0.05) is 6.54 Å². The normalized spacial score (nSPS) is 13.2. The van der Waals surface area contributed by atoms with Crippen LogP contribution in [0.25, 0.3) is 5.69 Å². The molecule has 0 fully saturated rings. The lowest BCUT2D eigenvalue weighted by molar-refractivity contribution is -0.143. The highest BCUT2D eigenvalue weighted by Crippen LogP contribution is 2.35. The molecule has 0 bridgehead atoms. The van der Waals surface area contributed by atoms with Gasteiger partial charge in [-0.25, -0.2) is 9.07 Å². The summed E-state index contributed by atoms with van der Waals surface area (Å²) < 4.78 is 94.4. The minimum absolute atomic E-state index is 0.165. The van der Waals surface area contributed by atoms with Crippen LogP contribution in [0.1, 0.15) is 33.2 Å². The molecule has 0 saturated heterocycles. The Balaban J connectivity index is 1.93. The Morgan fingerprint density at radius 2 is 1.71 bits per heavy atom. The molecule has 1 N–H and O–H groups in total. The van der Waals surface area contributed by atoms with Gasteiger partial charge in [0.25, 0.3) is 5.91 Å². The molecule has 3 rings (SSSR count). The Hall–Kier alpha value is -3.41. The van der Waals surface area contributed by atoms with Gasteiger partial charge in [-0.3, -0.25) is 4.79 Å². The predicted octanol–water partition coefficient (Wildman–Crippen LogP) is 5.08. The van der Waals surface area contributed by atoms with Gasteiger partial charge in [-0.2, -0.15) is 31.4 Å². The third kappa shape index (κ3) is 5.56. The summed E-state index contributed by atoms with van der Waals surface area (Å²) in [4.78, 5) is 14.3. The van der Waals surface area contributed by atoms with E-state index < -0.39 is 52.6 Å². The molecule has 182 valence electrons. The molecule has 12 heteroatoms. The number of hydrogen-bond acceptors (Lipinski definition) is 3. The van der Waals surface area contributed by atoms with Crippen LogP contribution < -0.4 is 5.32 Å². The lowest BCUT2D eigenvalue weighted by Gasteiger charge is -2.25. The zero-order valence-electron chi connectivity index (χ0n) is 17.9. The highest BCUT2D eigenvalue weighted by Gasteiger charge is 2.41. The van der Waals surface area contributed by atoms with Gasteiger partial charge in [0.05, 0.1) is 29.1 Å². The summed E-state index contributed by atoms with van der Waals surface area (Å²) in [5, 5.41) is 5.91. The maximum atomic E-state index is 13.8. The summed E-state index contributed by atoms with van der Waals surface area (Å²) in [5.41, 5.74) is -3.56. The smallest absolute Gasteiger partial charge is 0.350 e. The van der Waals surface area contributed by atoms with Crippen LogP contribution in [0, 0.1) is 5.82 Å². The van der Waals surface area contributed by atoms with Gasteiger partial charge in [-0.1, -0.05) is 18.2 Å². The van der Waals surface area contributed by atoms with Crippen molar-refractivity contribution in [2.24, 2.45) is 0 Å². The fourth-order valence-corrected chi connectivity index (χ4v) is 3.39. The average Bonchev–Trinajstić information content (AvgIpc) is 3.19. The van der Waals surface area contributed by atoms with E-state index in [-0.39, 0.29) is 11.2 Å². The van der Waals surface area contributed by atoms with Crippen molar-refractivity contribution in [2.45, 2.75) is 18.4 Å². The topological polar surface area (TPSA) is 50.2 Å². The molecule has 0 saturated carbocycles. The standard InChI is InChI=1S/C22H19F7N4O/c1-32(2)18(13-5-3-7-15(23)9-13)12-30-20(34)17-11-31-33(19(17)22(27,28)29)16-8-4-6-14(10-16)21(24,25)26/h3-11,18H,12H2,1-2H3,(H,30,34). The summed E-state index contributed by atoms with van der Waals surface area (Å²) >= 11 is 0. The van der Waals surface area contributed by atoms with Crippen LogP contribution in [0.15, 0.2) is 54.7 Å². The monoisotopic (exact) mass is 488 g/mol. The Morgan fingerprint density at radius 1 is 1.03 bits per heavy atom. The third-order valence-corrected chi connectivity index (χ3v) is 5.01. The summed E-state index contributed by atoms with van der Waals surface area (Å²) in [6, 6.07) is 8.16. The SMILES string of the molecule is CN(C)C(CNC(=O)c1cnn(-c2cccc(C(F)(F)F)c2)c1C(F)(F)F)c1cccc(F)c1. The number of aromatic nitrogens is 2. The second-order valence-electron chi connectivity index (χ2n) is 7.61. The van der Waals surface area contributed by atoms with Crippen LogP contribution in [0.3, 0.4) is 0 Å². The van der Waals surface area contributed by atoms with Gasteiger partial charge in [0.1, 0.15) is 5.82 Å². The number of nitrogens with one attached hydrogen (secondary N) is 1. The van der Waals surface area contributed by atoms with Crippen molar-refractivity contribution in [3.05, 3.63) is 82.9 Å². The third-order valence-electron chi connectivity index (χ3n) is 5.01. The van der Waals surface area contributed by atoms with Crippen LogP contribution >= 0.6 is 0 Å². The highest BCUT2D eigenvalue weighted by atomic mass is 19.4. The van der Waals surface area contributed by atoms with E-state index in [0.29, 0.717) is 23.9 Å². The molecule has 1 unspecified atom stereocenters. The average molecular weight is 488 g/mol. The van der Waals surface area contributed by atoms with E-state index in [9.17, 15) is 35.5 Å². The van der Waals surface area contributed by atoms with Crippen molar-refractivity contribution in [3.63, 3.8) is 0 Å². The molecular weight excluding hydrogens is 469 g/mol. The molecule has 34 heavy (non-hydrogen) atoms. The molecule has 5 nitrogen and oxygen atoms in total. The summed E-state index contributed by atoms with van der Waals surface area (Å²) in [7, 11) is 3.29. The van der Waals surface area contributed by atoms with Crippen molar-refractivity contribution >= 4 is 5.91 Å². The van der Waals surface area contributed by atoms with Crippen molar-refractivity contribution in [1.82, 2.24) is 20.0 Å². The second-order valence-corrected chi connectivity index (χ2v) is 7.61. The highest BCUT2D eigenvalue weighted by molar-refractivity contribution is 5.95. The van der Waals surface area contributed by atoms with E-state index >= 15 is 0 Å². The minimum atomic E-state index is -5.10. The fraction of sp³-hybridized carbons (Fsp3) is 0.273. The van der Waals surface area contributed by atoms with Crippen LogP contribution in [0.4, 0.5) is 30.7 Å². The zero-order chi connectivity index (χ0) is 25.3. The zero-order valence-corrected chi connectivity index (χ0v) is 17.9. The van der Waals surface area contributed by atoms with E-state index in [2.05, 4.69) is 10.4 Å². The molecule has 1 aromatic heterocycles. The van der Waals surface area contributed by atoms with Crippen molar-refractivity contribution < 1.29 is 35.5 Å². The van der Waals surface area contributed by atoms with E-state index in [1.54, 1.807) is 25.1 Å². The van der Waals surface area contributed by atoms with Crippen molar-refractivity contribution in [1.29, 1.82) is 0 Å². The maximum Gasteiger partial charge on any atom is 0.434 e. The number of benzene rings is 2. The molecule has 2 aromatic carbocycles. The fourth-order valence-electron chi connectivity index (χ4n) is 3.39. The summed E-state index contributed by atoms with van der Waals surface area (Å²) in [6.07, 6.45) is -9.23. The molecule has 1 atom stereocenters. The molecule has 0 aliphatic carbocycles. The molecule has 0 radical (unpaired) electrons. The van der Waals surface area contributed by atoms with Gasteiger partial charge in [-0.05, 0) is 50.0 Å². The molecule has 3 aromatic rings. The molecule has 0 aliphatic rings. The first-order chi connectivity index (χ1) is 15.8. The second kappa shape index (κ2) is 9.45. The van der Waals surface area contributed by atoms with Crippen molar-refractivity contribution in [2.75, 3.05) is 20.6 Å². The van der Waals surface area contributed by atoms with Crippen molar-refractivity contribution in [3.8, 4) is 5.69 Å². The first-order valence-electron chi connectivity index (χ1n) is 9.82. The number of halogens is 7. The number of nitrogens with zero attached hydrogens (tertiary/aromatic N) is 3. The molecule has 0 spiro atoms. The lowest BCUT2D eigenvalue weighted by atomic mass is 10.1. The van der Waals surface area contributed by atoms with E-state index in [1.807, 2.05) is 0 Å². The van der Waals surface area contributed by atoms with Gasteiger partial charge in [0.2, 0.25) is 0 Å². The molecule has 1 amide bonds. The Morgan fingerprint density at radius 3 is 2.29 bits per heavy atom. The number of rotatable bonds is 6. The summed E-state index contributed by atoms with van der Waals surface area (Å²) in [6.45, 7) is -0.165. The van der Waals surface area contributed by atoms with Crippen LogP contribution in [0.5, 0.6) is 0 Å². The van der Waals surface area contributed by atoms with E-state index in [0.717, 1.165) is 12.1 Å². The quantitative estimate of drug-likeness (QED) is 0.493. The van der Waals surface area contributed by atoms with Gasteiger partial charge in [-0.15, -0.1) is 0 Å². The Bertz CT molecular complexity index is 1170. The van der Waals surface area contributed by atoms with Gasteiger partial charge in [0.15, 0.2) is 5.69 Å². The minimum Gasteiger partial charge on any atom is -0.350 e. The number of carbonyl (C=O) groups excluding carboxylic acids is 1. The number of hydrogen-bond donors (Lipinski definition) is 1.